The van der Waals surface area contributed by atoms with E-state index in [-0.39, 0.29) is 0 Å². The predicted molar refractivity (Wildman–Crippen MR) is 74.2 cm³/mol. The lowest BCUT2D eigenvalue weighted by atomic mass is 10.3. The van der Waals surface area contributed by atoms with Crippen LogP contribution >= 0.6 is 11.3 Å². The minimum absolute atomic E-state index is 0.753. The van der Waals surface area contributed by atoms with Crippen molar-refractivity contribution in [2.45, 2.75) is 6.92 Å². The Morgan fingerprint density at radius 1 is 1.28 bits per heavy atom. The molecule has 0 atom stereocenters. The molecule has 0 radical (unpaired) electrons. The quantitative estimate of drug-likeness (QED) is 0.574. The van der Waals surface area contributed by atoms with Crippen LogP contribution in [0.5, 0.6) is 0 Å². The van der Waals surface area contributed by atoms with Gasteiger partial charge in [-0.3, -0.25) is 5.43 Å². The Bertz CT molecular complexity index is 652. The van der Waals surface area contributed by atoms with Gasteiger partial charge in [0.25, 0.3) is 0 Å². The zero-order valence-electron chi connectivity index (χ0n) is 9.75. The maximum atomic E-state index is 5.25. The number of hydrazone groups is 1. The van der Waals surface area contributed by atoms with Gasteiger partial charge in [-0.05, 0) is 31.2 Å². The van der Waals surface area contributed by atoms with Crippen LogP contribution in [-0.2, 0) is 0 Å². The summed E-state index contributed by atoms with van der Waals surface area (Å²) in [6.07, 6.45) is 1.63. The van der Waals surface area contributed by atoms with Crippen molar-refractivity contribution in [2.75, 3.05) is 5.43 Å². The third kappa shape index (κ3) is 2.12. The summed E-state index contributed by atoms with van der Waals surface area (Å²) in [5.74, 6) is 0.753. The number of para-hydroxylation sites is 1. The first-order valence-corrected chi connectivity index (χ1v) is 6.34. The second kappa shape index (κ2) is 4.62. The van der Waals surface area contributed by atoms with Crippen LogP contribution < -0.4 is 5.43 Å². The third-order valence-corrected chi connectivity index (χ3v) is 3.43. The Balaban J connectivity index is 1.82. The monoisotopic (exact) mass is 257 g/mol. The molecule has 5 heteroatoms. The number of furan rings is 1. The highest BCUT2D eigenvalue weighted by Crippen LogP contribution is 2.25. The van der Waals surface area contributed by atoms with Crippen LogP contribution in [0.15, 0.2) is 52.2 Å². The molecule has 0 saturated carbocycles. The second-order valence-electron chi connectivity index (χ2n) is 3.77. The van der Waals surface area contributed by atoms with Crippen molar-refractivity contribution in [3.05, 3.63) is 48.4 Å². The van der Waals surface area contributed by atoms with Gasteiger partial charge in [0.15, 0.2) is 0 Å². The maximum absolute atomic E-state index is 5.25. The lowest BCUT2D eigenvalue weighted by Crippen LogP contribution is -1.97. The smallest absolute Gasteiger partial charge is 0.204 e. The van der Waals surface area contributed by atoms with Crippen LogP contribution in [0.3, 0.4) is 0 Å². The van der Waals surface area contributed by atoms with Gasteiger partial charge in [-0.25, -0.2) is 4.98 Å². The molecule has 0 amide bonds. The minimum Gasteiger partial charge on any atom is -0.463 e. The van der Waals surface area contributed by atoms with Crippen molar-refractivity contribution in [1.29, 1.82) is 0 Å². The van der Waals surface area contributed by atoms with Crippen LogP contribution in [-0.4, -0.2) is 10.7 Å². The maximum Gasteiger partial charge on any atom is 0.204 e. The van der Waals surface area contributed by atoms with Crippen molar-refractivity contribution < 1.29 is 4.42 Å². The molecule has 0 bridgehead atoms. The van der Waals surface area contributed by atoms with Crippen molar-refractivity contribution in [2.24, 2.45) is 5.10 Å². The molecule has 0 aliphatic rings. The molecule has 0 saturated heterocycles. The second-order valence-corrected chi connectivity index (χ2v) is 4.80. The summed E-state index contributed by atoms with van der Waals surface area (Å²) in [5, 5.41) is 5.03. The van der Waals surface area contributed by atoms with Gasteiger partial charge >= 0.3 is 0 Å². The molecule has 1 N–H and O–H groups in total. The molecule has 90 valence electrons. The van der Waals surface area contributed by atoms with Crippen molar-refractivity contribution in [1.82, 2.24) is 4.98 Å². The van der Waals surface area contributed by atoms with E-state index in [0.29, 0.717) is 0 Å². The summed E-state index contributed by atoms with van der Waals surface area (Å²) in [4.78, 5) is 4.44. The number of hydrogen-bond donors (Lipinski definition) is 1. The fraction of sp³-hybridized carbons (Fsp3) is 0.0769. The predicted octanol–water partition coefficient (Wildman–Crippen LogP) is 3.73. The topological polar surface area (TPSA) is 50.4 Å². The van der Waals surface area contributed by atoms with E-state index in [1.54, 1.807) is 17.6 Å². The van der Waals surface area contributed by atoms with Crippen LogP contribution in [0.2, 0.25) is 0 Å². The normalized spacial score (nSPS) is 11.9. The number of nitrogens with zero attached hydrogens (tertiary/aromatic N) is 2. The average molecular weight is 257 g/mol. The zero-order valence-corrected chi connectivity index (χ0v) is 10.6. The van der Waals surface area contributed by atoms with E-state index in [4.69, 9.17) is 4.42 Å². The summed E-state index contributed by atoms with van der Waals surface area (Å²) in [5.41, 5.74) is 4.73. The van der Waals surface area contributed by atoms with E-state index in [9.17, 15) is 0 Å². The van der Waals surface area contributed by atoms with E-state index < -0.39 is 0 Å². The highest BCUT2D eigenvalue weighted by Gasteiger charge is 2.03. The lowest BCUT2D eigenvalue weighted by Gasteiger charge is -1.96. The van der Waals surface area contributed by atoms with Crippen molar-refractivity contribution in [3.8, 4) is 0 Å². The van der Waals surface area contributed by atoms with Gasteiger partial charge in [0.1, 0.15) is 11.5 Å². The van der Waals surface area contributed by atoms with E-state index >= 15 is 0 Å². The molecule has 2 aromatic heterocycles. The van der Waals surface area contributed by atoms with Crippen molar-refractivity contribution in [3.63, 3.8) is 0 Å². The molecule has 4 nitrogen and oxygen atoms in total. The zero-order chi connectivity index (χ0) is 12.4. The summed E-state index contributed by atoms with van der Waals surface area (Å²) in [7, 11) is 0. The first-order chi connectivity index (χ1) is 8.83. The van der Waals surface area contributed by atoms with Gasteiger partial charge in [-0.2, -0.15) is 5.10 Å². The van der Waals surface area contributed by atoms with E-state index in [1.165, 1.54) is 0 Å². The Hall–Kier alpha value is -2.14. The fourth-order valence-electron chi connectivity index (χ4n) is 1.59. The van der Waals surface area contributed by atoms with Gasteiger partial charge in [-0.1, -0.05) is 23.5 Å². The van der Waals surface area contributed by atoms with Crippen LogP contribution in [0.25, 0.3) is 10.2 Å². The minimum atomic E-state index is 0.753. The number of anilines is 1. The SMILES string of the molecule is C/C(=N/Nc1nc2ccccc2s1)c1ccco1. The molecular weight excluding hydrogens is 246 g/mol. The number of thiazole rings is 1. The Kier molecular flexibility index (Phi) is 2.82. The number of hydrogen-bond acceptors (Lipinski definition) is 5. The highest BCUT2D eigenvalue weighted by atomic mass is 32.1. The van der Waals surface area contributed by atoms with Gasteiger partial charge in [0.05, 0.1) is 16.5 Å². The van der Waals surface area contributed by atoms with Gasteiger partial charge in [0, 0.05) is 0 Å². The molecule has 0 aliphatic carbocycles. The van der Waals surface area contributed by atoms with Crippen LogP contribution in [0.4, 0.5) is 5.13 Å². The summed E-state index contributed by atoms with van der Waals surface area (Å²) in [6, 6.07) is 11.7. The number of aromatic nitrogens is 1. The highest BCUT2D eigenvalue weighted by molar-refractivity contribution is 7.22. The molecule has 0 unspecified atom stereocenters. The number of rotatable bonds is 3. The average Bonchev–Trinajstić information content (AvgIpc) is 3.04. The largest absolute Gasteiger partial charge is 0.463 e. The molecule has 3 aromatic rings. The molecule has 1 aromatic carbocycles. The Morgan fingerprint density at radius 2 is 2.17 bits per heavy atom. The van der Waals surface area contributed by atoms with Gasteiger partial charge in [-0.15, -0.1) is 0 Å². The molecule has 0 spiro atoms. The standard InChI is InChI=1S/C13H11N3OS/c1-9(11-6-4-8-17-11)15-16-13-14-10-5-2-3-7-12(10)18-13/h2-8H,1H3,(H,14,16)/b15-9-. The van der Waals surface area contributed by atoms with Gasteiger partial charge < -0.3 is 4.42 Å². The number of benzene rings is 1. The molecule has 2 heterocycles. The molecule has 0 aliphatic heterocycles. The first-order valence-electron chi connectivity index (χ1n) is 5.53. The lowest BCUT2D eigenvalue weighted by molar-refractivity contribution is 0.557. The van der Waals surface area contributed by atoms with Crippen molar-refractivity contribution >= 4 is 32.4 Å². The number of nitrogens with one attached hydrogen (secondary N) is 1. The summed E-state index contributed by atoms with van der Waals surface area (Å²) in [6.45, 7) is 1.89. The first kappa shape index (κ1) is 11.0. The van der Waals surface area contributed by atoms with Crippen LogP contribution in [0.1, 0.15) is 12.7 Å². The van der Waals surface area contributed by atoms with E-state index in [1.807, 2.05) is 43.3 Å². The van der Waals surface area contributed by atoms with Gasteiger partial charge in [0.2, 0.25) is 5.13 Å². The number of fused-ring (bicyclic) bond motifs is 1. The summed E-state index contributed by atoms with van der Waals surface area (Å²) < 4.78 is 6.40. The Morgan fingerprint density at radius 3 is 2.94 bits per heavy atom. The molecule has 0 fully saturated rings. The van der Waals surface area contributed by atoms with Crippen LogP contribution in [0, 0.1) is 0 Å². The summed E-state index contributed by atoms with van der Waals surface area (Å²) >= 11 is 1.58. The molecular formula is C13H11N3OS. The Labute approximate surface area is 108 Å². The molecule has 18 heavy (non-hydrogen) atoms. The fourth-order valence-corrected chi connectivity index (χ4v) is 2.40. The third-order valence-electron chi connectivity index (χ3n) is 2.49. The van der Waals surface area contributed by atoms with E-state index in [0.717, 1.165) is 26.8 Å². The van der Waals surface area contributed by atoms with E-state index in [2.05, 4.69) is 15.5 Å². The molecule has 3 rings (SSSR count).